The van der Waals surface area contributed by atoms with Crippen LogP contribution in [-0.2, 0) is 20.7 Å². The van der Waals surface area contributed by atoms with Crippen LogP contribution in [0, 0.1) is 11.8 Å². The molecule has 1 aliphatic rings. The van der Waals surface area contributed by atoms with E-state index in [1.54, 1.807) is 24.3 Å². The second-order valence-electron chi connectivity index (χ2n) is 11.5. The number of H-pyrrole nitrogens is 1. The number of imide groups is 1. The highest BCUT2D eigenvalue weighted by Gasteiger charge is 2.35. The fraction of sp³-hybridized carbons (Fsp3) is 0.433. The molecular weight excluding hydrogens is 606 g/mol. The van der Waals surface area contributed by atoms with E-state index in [2.05, 4.69) is 35.9 Å². The van der Waals surface area contributed by atoms with Crippen LogP contribution in [0.2, 0.25) is 0 Å². The fourth-order valence-corrected chi connectivity index (χ4v) is 5.44. The summed E-state index contributed by atoms with van der Waals surface area (Å²) in [5, 5.41) is 6.51. The highest BCUT2D eigenvalue weighted by Crippen LogP contribution is 2.32. The van der Waals surface area contributed by atoms with Gasteiger partial charge in [0.25, 0.3) is 5.91 Å². The minimum atomic E-state index is -0.954. The SMILES string of the molecule is CC(C)(C)OC(=O)NC[C@H]1CC[C@H](C(=O)N(C(=O)[C@@H](N)Cc2cccc(Br)c2)c2ccc(-c3noc(=O)[nH]3)cc2)CC1. The molecule has 0 saturated heterocycles. The Bertz CT molecular complexity index is 1450. The number of nitrogens with two attached hydrogens (primary N) is 1. The number of hydrogen-bond acceptors (Lipinski definition) is 8. The van der Waals surface area contributed by atoms with Gasteiger partial charge in [-0.15, -0.1) is 0 Å². The predicted molar refractivity (Wildman–Crippen MR) is 161 cm³/mol. The molecule has 42 heavy (non-hydrogen) atoms. The lowest BCUT2D eigenvalue weighted by Crippen LogP contribution is -2.50. The third kappa shape index (κ3) is 8.39. The Kier molecular flexibility index (Phi) is 10.00. The van der Waals surface area contributed by atoms with Crippen molar-refractivity contribution in [3.8, 4) is 11.4 Å². The standard InChI is InChI=1S/C30H36BrN5O6/c1-30(2,3)41-28(39)33-17-18-7-9-21(10-8-18)26(37)36(27(38)24(32)16-19-5-4-6-22(31)15-19)23-13-11-20(12-14-23)25-34-29(40)42-35-25/h4-6,11-15,18,21,24H,7-10,16-17,32H2,1-3H3,(H,33,39)(H,34,35,40)/t18-,21-,24-/m0/s1. The molecule has 1 heterocycles. The van der Waals surface area contributed by atoms with Gasteiger partial charge in [0.2, 0.25) is 5.91 Å². The Hall–Kier alpha value is -3.77. The first-order valence-corrected chi connectivity index (χ1v) is 14.7. The van der Waals surface area contributed by atoms with Crippen molar-refractivity contribution in [3.05, 3.63) is 69.1 Å². The van der Waals surface area contributed by atoms with Crippen LogP contribution >= 0.6 is 15.9 Å². The summed E-state index contributed by atoms with van der Waals surface area (Å²) in [6.07, 6.45) is 2.37. The maximum Gasteiger partial charge on any atom is 0.439 e. The molecular formula is C30H36BrN5O6. The lowest BCUT2D eigenvalue weighted by atomic mass is 9.81. The minimum absolute atomic E-state index is 0.202. The van der Waals surface area contributed by atoms with Gasteiger partial charge in [-0.3, -0.25) is 19.1 Å². The zero-order valence-electron chi connectivity index (χ0n) is 23.9. The summed E-state index contributed by atoms with van der Waals surface area (Å²) < 4.78 is 10.8. The number of halogens is 1. The third-order valence-electron chi connectivity index (χ3n) is 7.07. The van der Waals surface area contributed by atoms with Gasteiger partial charge >= 0.3 is 11.8 Å². The summed E-state index contributed by atoms with van der Waals surface area (Å²) in [6.45, 7) is 5.89. The van der Waals surface area contributed by atoms with Crippen molar-refractivity contribution in [3.63, 3.8) is 0 Å². The van der Waals surface area contributed by atoms with Gasteiger partial charge in [0.15, 0.2) is 5.82 Å². The number of hydrogen-bond donors (Lipinski definition) is 3. The van der Waals surface area contributed by atoms with Crippen LogP contribution < -0.4 is 21.7 Å². The van der Waals surface area contributed by atoms with Crippen molar-refractivity contribution in [1.29, 1.82) is 0 Å². The van der Waals surface area contributed by atoms with Crippen LogP contribution in [0.4, 0.5) is 10.5 Å². The minimum Gasteiger partial charge on any atom is -0.444 e. The molecule has 4 N–H and O–H groups in total. The highest BCUT2D eigenvalue weighted by atomic mass is 79.9. The Morgan fingerprint density at radius 2 is 1.83 bits per heavy atom. The lowest BCUT2D eigenvalue weighted by molar-refractivity contribution is -0.130. The second-order valence-corrected chi connectivity index (χ2v) is 12.5. The largest absolute Gasteiger partial charge is 0.444 e. The van der Waals surface area contributed by atoms with E-state index in [0.717, 1.165) is 22.9 Å². The lowest BCUT2D eigenvalue weighted by Gasteiger charge is -2.32. The Labute approximate surface area is 252 Å². The molecule has 12 heteroatoms. The maximum atomic E-state index is 13.9. The fourth-order valence-electron chi connectivity index (χ4n) is 4.99. The molecule has 1 fully saturated rings. The molecule has 1 aliphatic carbocycles. The van der Waals surface area contributed by atoms with Crippen LogP contribution in [0.3, 0.4) is 0 Å². The van der Waals surface area contributed by atoms with Crippen molar-refractivity contribution in [1.82, 2.24) is 15.5 Å². The van der Waals surface area contributed by atoms with Crippen LogP contribution in [0.25, 0.3) is 11.4 Å². The number of nitrogens with one attached hydrogen (secondary N) is 2. The molecule has 2 aromatic carbocycles. The third-order valence-corrected chi connectivity index (χ3v) is 7.57. The van der Waals surface area contributed by atoms with Crippen LogP contribution in [0.5, 0.6) is 0 Å². The summed E-state index contributed by atoms with van der Waals surface area (Å²) in [4.78, 5) is 54.8. The van der Waals surface area contributed by atoms with Crippen molar-refractivity contribution in [2.75, 3.05) is 11.4 Å². The van der Waals surface area contributed by atoms with Crippen molar-refractivity contribution < 1.29 is 23.6 Å². The molecule has 224 valence electrons. The van der Waals surface area contributed by atoms with E-state index in [-0.39, 0.29) is 30.0 Å². The molecule has 11 nitrogen and oxygen atoms in total. The zero-order valence-corrected chi connectivity index (χ0v) is 25.5. The van der Waals surface area contributed by atoms with Crippen molar-refractivity contribution >= 4 is 39.5 Å². The second kappa shape index (κ2) is 13.5. The number of benzene rings is 2. The predicted octanol–water partition coefficient (Wildman–Crippen LogP) is 4.55. The quantitative estimate of drug-likeness (QED) is 0.323. The van der Waals surface area contributed by atoms with Gasteiger partial charge in [-0.05, 0) is 101 Å². The normalized spacial score (nSPS) is 17.7. The van der Waals surface area contributed by atoms with Gasteiger partial charge in [-0.2, -0.15) is 0 Å². The molecule has 0 aliphatic heterocycles. The van der Waals surface area contributed by atoms with E-state index in [9.17, 15) is 19.2 Å². The molecule has 1 atom stereocenters. The zero-order chi connectivity index (χ0) is 30.4. The summed E-state index contributed by atoms with van der Waals surface area (Å²) in [5.41, 5.74) is 7.60. The van der Waals surface area contributed by atoms with E-state index in [0.29, 0.717) is 30.6 Å². The molecule has 1 saturated carbocycles. The number of amides is 3. The first-order chi connectivity index (χ1) is 19.9. The molecule has 1 aromatic heterocycles. The topological polar surface area (TPSA) is 161 Å². The number of carbonyl (C=O) groups excluding carboxylic acids is 3. The number of ether oxygens (including phenoxy) is 1. The Morgan fingerprint density at radius 3 is 2.43 bits per heavy atom. The molecule has 0 unspecified atom stereocenters. The van der Waals surface area contributed by atoms with E-state index < -0.39 is 29.4 Å². The van der Waals surface area contributed by atoms with Gasteiger partial charge in [0, 0.05) is 22.5 Å². The van der Waals surface area contributed by atoms with Crippen LogP contribution in [0.1, 0.15) is 52.0 Å². The molecule has 3 amide bonds. The van der Waals surface area contributed by atoms with Crippen LogP contribution in [0.15, 0.2) is 62.3 Å². The summed E-state index contributed by atoms with van der Waals surface area (Å²) in [6, 6.07) is 13.1. The van der Waals surface area contributed by atoms with Gasteiger partial charge in [0.1, 0.15) is 5.60 Å². The smallest absolute Gasteiger partial charge is 0.439 e. The first kappa shape index (κ1) is 31.2. The average molecular weight is 643 g/mol. The highest BCUT2D eigenvalue weighted by molar-refractivity contribution is 9.10. The van der Waals surface area contributed by atoms with Crippen molar-refractivity contribution in [2.45, 2.75) is 64.5 Å². The van der Waals surface area contributed by atoms with Crippen LogP contribution in [-0.4, -0.2) is 46.2 Å². The number of rotatable bonds is 8. The van der Waals surface area contributed by atoms with Gasteiger partial charge in [-0.25, -0.2) is 14.5 Å². The van der Waals surface area contributed by atoms with Gasteiger partial charge in [0.05, 0.1) is 11.7 Å². The monoisotopic (exact) mass is 641 g/mol. The summed E-state index contributed by atoms with van der Waals surface area (Å²) >= 11 is 3.44. The number of nitrogens with zero attached hydrogens (tertiary/aromatic N) is 2. The van der Waals surface area contributed by atoms with Crippen molar-refractivity contribution in [2.24, 2.45) is 17.6 Å². The molecule has 3 aromatic rings. The van der Waals surface area contributed by atoms with E-state index >= 15 is 0 Å². The van der Waals surface area contributed by atoms with Gasteiger partial charge in [-0.1, -0.05) is 33.2 Å². The summed E-state index contributed by atoms with van der Waals surface area (Å²) in [7, 11) is 0. The van der Waals surface area contributed by atoms with Gasteiger partial charge < -0.3 is 15.8 Å². The number of aromatic nitrogens is 2. The molecule has 4 rings (SSSR count). The average Bonchev–Trinajstić information content (AvgIpc) is 3.38. The maximum absolute atomic E-state index is 13.9. The first-order valence-electron chi connectivity index (χ1n) is 13.9. The Morgan fingerprint density at radius 1 is 1.14 bits per heavy atom. The molecule has 0 radical (unpaired) electrons. The number of aromatic amines is 1. The Balaban J connectivity index is 1.48. The molecule has 0 spiro atoms. The van der Waals surface area contributed by atoms with E-state index in [1.165, 1.54) is 4.90 Å². The molecule has 0 bridgehead atoms. The number of alkyl carbamates (subject to hydrolysis) is 1. The number of anilines is 1. The number of carbonyl (C=O) groups is 3. The van der Waals surface area contributed by atoms with E-state index in [4.69, 9.17) is 10.5 Å². The van der Waals surface area contributed by atoms with E-state index in [1.807, 2.05) is 45.0 Å². The summed E-state index contributed by atoms with van der Waals surface area (Å²) in [5.74, 6) is -1.44.